The number of hydrogen-bond acceptors (Lipinski definition) is 4. The molecule has 24 heavy (non-hydrogen) atoms. The maximum absolute atomic E-state index is 12.2. The molecule has 1 unspecified atom stereocenters. The minimum absolute atomic E-state index is 0.000178. The first-order valence-corrected chi connectivity index (χ1v) is 9.12. The van der Waals surface area contributed by atoms with Crippen molar-refractivity contribution in [2.24, 2.45) is 5.92 Å². The molecule has 1 N–H and O–H groups in total. The smallest absolute Gasteiger partial charge is 0.221 e. The Labute approximate surface area is 147 Å². The Bertz CT molecular complexity index is 663. The minimum atomic E-state index is -0.101. The normalized spacial score (nSPS) is 12.2. The van der Waals surface area contributed by atoms with Gasteiger partial charge in [0.1, 0.15) is 5.01 Å². The van der Waals surface area contributed by atoms with Gasteiger partial charge in [-0.25, -0.2) is 4.98 Å². The quantitative estimate of drug-likeness (QED) is 0.726. The van der Waals surface area contributed by atoms with Gasteiger partial charge in [0.15, 0.2) is 5.78 Å². The van der Waals surface area contributed by atoms with Crippen molar-refractivity contribution in [3.8, 4) is 0 Å². The zero-order valence-corrected chi connectivity index (χ0v) is 15.2. The summed E-state index contributed by atoms with van der Waals surface area (Å²) in [5.41, 5.74) is 1.77. The Balaban J connectivity index is 1.89. The molecule has 0 aliphatic carbocycles. The maximum atomic E-state index is 12.2. The lowest BCUT2D eigenvalue weighted by molar-refractivity contribution is -0.121. The number of carbonyl (C=O) groups is 2. The van der Waals surface area contributed by atoms with Crippen LogP contribution in [-0.2, 0) is 4.79 Å². The van der Waals surface area contributed by atoms with E-state index in [0.717, 1.165) is 17.0 Å². The highest BCUT2D eigenvalue weighted by molar-refractivity contribution is 7.09. The zero-order valence-electron chi connectivity index (χ0n) is 14.4. The van der Waals surface area contributed by atoms with E-state index in [1.54, 1.807) is 17.5 Å². The summed E-state index contributed by atoms with van der Waals surface area (Å²) in [4.78, 5) is 28.7. The molecule has 2 aromatic rings. The number of carbonyl (C=O) groups excluding carboxylic acids is 2. The number of nitrogens with zero attached hydrogens (tertiary/aromatic N) is 1. The Hall–Kier alpha value is -2.01. The standard InChI is InChI=1S/C19H24N2O2S/c1-13(2)12-16(19-20-10-11-24-19)21-18(23)9-8-17(22)15-6-4-14(3)5-7-15/h4-7,10-11,13,16H,8-9,12H2,1-3H3,(H,21,23). The second-order valence-electron chi connectivity index (χ2n) is 6.41. The van der Waals surface area contributed by atoms with Crippen molar-refractivity contribution in [2.45, 2.75) is 46.1 Å². The number of rotatable bonds is 8. The summed E-state index contributed by atoms with van der Waals surface area (Å²) in [6.45, 7) is 6.22. The lowest BCUT2D eigenvalue weighted by Gasteiger charge is -2.18. The molecule has 1 aromatic carbocycles. The zero-order chi connectivity index (χ0) is 17.5. The molecule has 0 aliphatic rings. The number of ketones is 1. The molecule has 0 spiro atoms. The van der Waals surface area contributed by atoms with Crippen LogP contribution in [0.3, 0.4) is 0 Å². The van der Waals surface area contributed by atoms with Crippen molar-refractivity contribution in [1.82, 2.24) is 10.3 Å². The van der Waals surface area contributed by atoms with Gasteiger partial charge in [-0.2, -0.15) is 0 Å². The summed E-state index contributed by atoms with van der Waals surface area (Å²) in [6.07, 6.45) is 3.01. The summed E-state index contributed by atoms with van der Waals surface area (Å²) in [6, 6.07) is 7.37. The van der Waals surface area contributed by atoms with Crippen LogP contribution in [0.2, 0.25) is 0 Å². The Morgan fingerprint density at radius 3 is 2.46 bits per heavy atom. The van der Waals surface area contributed by atoms with Gasteiger partial charge in [-0.15, -0.1) is 11.3 Å². The van der Waals surface area contributed by atoms with Gasteiger partial charge in [-0.3, -0.25) is 9.59 Å². The highest BCUT2D eigenvalue weighted by atomic mass is 32.1. The lowest BCUT2D eigenvalue weighted by Crippen LogP contribution is -2.29. The second kappa shape index (κ2) is 8.73. The first kappa shape index (κ1) is 18.3. The number of benzene rings is 1. The molecule has 2 rings (SSSR count). The number of thiazole rings is 1. The van der Waals surface area contributed by atoms with Crippen LogP contribution in [0, 0.1) is 12.8 Å². The van der Waals surface area contributed by atoms with E-state index in [1.807, 2.05) is 36.6 Å². The molecule has 4 nitrogen and oxygen atoms in total. The SMILES string of the molecule is Cc1ccc(C(=O)CCC(=O)NC(CC(C)C)c2nccs2)cc1. The van der Waals surface area contributed by atoms with Gasteiger partial charge < -0.3 is 5.32 Å². The van der Waals surface area contributed by atoms with Gasteiger partial charge in [0.05, 0.1) is 6.04 Å². The molecule has 0 radical (unpaired) electrons. The van der Waals surface area contributed by atoms with Crippen LogP contribution in [0.15, 0.2) is 35.8 Å². The fraction of sp³-hybridized carbons (Fsp3) is 0.421. The molecule has 0 fully saturated rings. The van der Waals surface area contributed by atoms with E-state index in [-0.39, 0.29) is 30.6 Å². The van der Waals surface area contributed by atoms with Crippen LogP contribution in [0.1, 0.15) is 60.1 Å². The Kier molecular flexibility index (Phi) is 6.67. The molecule has 0 bridgehead atoms. The molecule has 0 aliphatic heterocycles. The van der Waals surface area contributed by atoms with Crippen molar-refractivity contribution in [3.05, 3.63) is 52.0 Å². The van der Waals surface area contributed by atoms with Crippen LogP contribution in [0.4, 0.5) is 0 Å². The number of hydrogen-bond donors (Lipinski definition) is 1. The predicted molar refractivity (Wildman–Crippen MR) is 97.2 cm³/mol. The first-order chi connectivity index (χ1) is 11.5. The van der Waals surface area contributed by atoms with E-state index < -0.39 is 0 Å². The van der Waals surface area contributed by atoms with E-state index in [4.69, 9.17) is 0 Å². The molecule has 0 saturated heterocycles. The fourth-order valence-electron chi connectivity index (χ4n) is 2.48. The molecular formula is C19H24N2O2S. The number of aromatic nitrogens is 1. The van der Waals surface area contributed by atoms with Gasteiger partial charge in [0, 0.05) is 30.0 Å². The number of amides is 1. The van der Waals surface area contributed by atoms with Crippen LogP contribution < -0.4 is 5.32 Å². The van der Waals surface area contributed by atoms with Crippen LogP contribution >= 0.6 is 11.3 Å². The summed E-state index contributed by atoms with van der Waals surface area (Å²) in [5, 5.41) is 5.85. The van der Waals surface area contributed by atoms with E-state index in [1.165, 1.54) is 0 Å². The van der Waals surface area contributed by atoms with Crippen molar-refractivity contribution in [2.75, 3.05) is 0 Å². The first-order valence-electron chi connectivity index (χ1n) is 8.24. The van der Waals surface area contributed by atoms with Gasteiger partial charge in [0.2, 0.25) is 5.91 Å². The summed E-state index contributed by atoms with van der Waals surface area (Å²) in [7, 11) is 0. The van der Waals surface area contributed by atoms with E-state index >= 15 is 0 Å². The third kappa shape index (κ3) is 5.57. The van der Waals surface area contributed by atoms with Crippen LogP contribution in [-0.4, -0.2) is 16.7 Å². The summed E-state index contributed by atoms with van der Waals surface area (Å²) >= 11 is 1.54. The lowest BCUT2D eigenvalue weighted by atomic mass is 10.0. The van der Waals surface area contributed by atoms with E-state index in [9.17, 15) is 9.59 Å². The third-order valence-corrected chi connectivity index (χ3v) is 4.63. The van der Waals surface area contributed by atoms with Gasteiger partial charge in [-0.05, 0) is 19.3 Å². The summed E-state index contributed by atoms with van der Waals surface area (Å²) < 4.78 is 0. The molecule has 1 amide bonds. The highest BCUT2D eigenvalue weighted by Gasteiger charge is 2.19. The molecule has 128 valence electrons. The molecule has 1 atom stereocenters. The number of Topliss-reactive ketones (excluding diaryl/α,β-unsaturated/α-hetero) is 1. The van der Waals surface area contributed by atoms with E-state index in [0.29, 0.717) is 11.5 Å². The van der Waals surface area contributed by atoms with Crippen LogP contribution in [0.5, 0.6) is 0 Å². The van der Waals surface area contributed by atoms with Crippen molar-refractivity contribution in [3.63, 3.8) is 0 Å². The highest BCUT2D eigenvalue weighted by Crippen LogP contribution is 2.23. The average molecular weight is 344 g/mol. The largest absolute Gasteiger partial charge is 0.347 e. The third-order valence-electron chi connectivity index (χ3n) is 3.74. The molecule has 0 saturated carbocycles. The van der Waals surface area contributed by atoms with Gasteiger partial charge in [-0.1, -0.05) is 43.7 Å². The van der Waals surface area contributed by atoms with Crippen LogP contribution in [0.25, 0.3) is 0 Å². The Morgan fingerprint density at radius 1 is 1.17 bits per heavy atom. The maximum Gasteiger partial charge on any atom is 0.221 e. The molecular weight excluding hydrogens is 320 g/mol. The fourth-order valence-corrected chi connectivity index (χ4v) is 3.18. The number of aryl methyl sites for hydroxylation is 1. The van der Waals surface area contributed by atoms with Gasteiger partial charge in [0.25, 0.3) is 0 Å². The Morgan fingerprint density at radius 2 is 1.88 bits per heavy atom. The number of nitrogens with one attached hydrogen (secondary N) is 1. The molecule has 5 heteroatoms. The predicted octanol–water partition coefficient (Wildman–Crippen LogP) is 4.32. The van der Waals surface area contributed by atoms with Gasteiger partial charge >= 0.3 is 0 Å². The topological polar surface area (TPSA) is 59.1 Å². The monoisotopic (exact) mass is 344 g/mol. The molecule has 1 heterocycles. The van der Waals surface area contributed by atoms with E-state index in [2.05, 4.69) is 24.1 Å². The van der Waals surface area contributed by atoms with Crippen molar-refractivity contribution in [1.29, 1.82) is 0 Å². The minimum Gasteiger partial charge on any atom is -0.347 e. The summed E-state index contributed by atoms with van der Waals surface area (Å²) in [5.74, 6) is 0.351. The molecule has 1 aromatic heterocycles. The average Bonchev–Trinajstić information content (AvgIpc) is 3.06. The van der Waals surface area contributed by atoms with Crippen molar-refractivity contribution >= 4 is 23.0 Å². The second-order valence-corrected chi connectivity index (χ2v) is 7.34. The van der Waals surface area contributed by atoms with Crippen molar-refractivity contribution < 1.29 is 9.59 Å².